The van der Waals surface area contributed by atoms with E-state index in [1.54, 1.807) is 79.7 Å². The molecule has 3 aliphatic rings. The van der Waals surface area contributed by atoms with Crippen molar-refractivity contribution in [1.82, 2.24) is 25.0 Å². The number of nitrogens with one attached hydrogen (secondary N) is 3. The molecule has 378 valence electrons. The highest BCUT2D eigenvalue weighted by Gasteiger charge is 2.37. The molecule has 0 fully saturated rings. The third-order valence-electron chi connectivity index (χ3n) is 13.5. The molecule has 2 amide bonds. The second-order valence-corrected chi connectivity index (χ2v) is 22.5. The topological polar surface area (TPSA) is 258 Å². The maximum Gasteiger partial charge on any atom is 0.336 e. The molecule has 0 radical (unpaired) electrons. The summed E-state index contributed by atoms with van der Waals surface area (Å²) in [7, 11) is -5.36. The van der Waals surface area contributed by atoms with Gasteiger partial charge < -0.3 is 25.4 Å². The summed E-state index contributed by atoms with van der Waals surface area (Å²) < 4.78 is 79.8. The van der Waals surface area contributed by atoms with Gasteiger partial charge in [-0.2, -0.15) is 16.8 Å². The number of carboxylic acid groups (broad SMARTS) is 1. The lowest BCUT2D eigenvalue weighted by Crippen LogP contribution is -2.47. The van der Waals surface area contributed by atoms with Crippen LogP contribution in [-0.4, -0.2) is 108 Å². The third kappa shape index (κ3) is 10.7. The SMILES string of the molecule is Cc1cc(=O)n(-c2ccc(C(=O)NCCCCCNC(=O)Cc3ccc(C4=c5cc6c(cc5Oc5cc7c(cc54)C(CS(=O)(=O)O)=CC(C)(C)N7C)=[N+](C)C(C)(C)C=C6CS(=O)(=O)O)c(C(=O)O)c3)cc2)[nH]1. The highest BCUT2D eigenvalue weighted by Crippen LogP contribution is 2.47. The number of aryl methyl sites for hydroxylation is 1. The minimum atomic E-state index is -4.52. The fraction of sp³-hybridized carbons (Fsp3) is 0.327. The number of likely N-dealkylation sites (N-methyl/N-ethyl adjacent to an activating group) is 2. The zero-order valence-corrected chi connectivity index (χ0v) is 42.5. The maximum atomic E-state index is 13.3. The Bertz CT molecular complexity index is 3590. The van der Waals surface area contributed by atoms with Gasteiger partial charge in [-0.1, -0.05) is 18.2 Å². The number of aromatic nitrogens is 2. The van der Waals surface area contributed by atoms with Crippen LogP contribution in [-0.2, 0) is 31.5 Å². The van der Waals surface area contributed by atoms with Gasteiger partial charge >= 0.3 is 5.97 Å². The normalized spacial score (nSPS) is 15.5. The average Bonchev–Trinajstić information content (AvgIpc) is 3.63. The van der Waals surface area contributed by atoms with Crippen molar-refractivity contribution in [3.63, 3.8) is 0 Å². The van der Waals surface area contributed by atoms with E-state index < -0.39 is 48.8 Å². The molecule has 72 heavy (non-hydrogen) atoms. The van der Waals surface area contributed by atoms with Gasteiger partial charge in [0.1, 0.15) is 30.1 Å². The minimum Gasteiger partial charge on any atom is -0.478 e. The number of aromatic carboxylic acids is 1. The number of H-pyrrole nitrogens is 1. The standard InChI is InChI=1S/C52H56N6O12S2/c1-30-19-47(60)58(55-30)35-14-12-32(13-15-35)49(61)54-18-10-8-9-17-53-46(59)21-31-11-16-36(39(20-31)50(62)63)48-40-22-37-33(28-71(64,65)66)26-51(2,3)56(6)42(37)24-44(40)70-45-25-43-38(23-41(45)48)34(29-72(67,68)69)27-52(4,5)57(43)7/h11-16,19-20,22-27H,8-10,17-18,21,28-29H2,1-7H3,(H5-,53,54,55,59,60,61,62,63,64,65,66,67,68,69)/p+1. The van der Waals surface area contributed by atoms with Crippen molar-refractivity contribution >= 4 is 60.4 Å². The van der Waals surface area contributed by atoms with E-state index in [4.69, 9.17) is 4.74 Å². The van der Waals surface area contributed by atoms with Crippen molar-refractivity contribution in [1.29, 1.82) is 0 Å². The van der Waals surface area contributed by atoms with Gasteiger partial charge in [-0.25, -0.2) is 14.1 Å². The van der Waals surface area contributed by atoms with Crippen molar-refractivity contribution in [3.8, 4) is 17.2 Å². The summed E-state index contributed by atoms with van der Waals surface area (Å²) in [5.41, 5.74) is 3.49. The Morgan fingerprint density at radius 3 is 2.04 bits per heavy atom. The van der Waals surface area contributed by atoms with Crippen LogP contribution in [0.5, 0.6) is 11.5 Å². The number of benzene rings is 4. The molecule has 0 atom stereocenters. The molecule has 8 rings (SSSR count). The molecule has 5 aromatic rings. The molecule has 20 heteroatoms. The lowest BCUT2D eigenvalue weighted by atomic mass is 9.83. The number of amides is 2. The van der Waals surface area contributed by atoms with Gasteiger partial charge in [0.15, 0.2) is 5.54 Å². The average molecular weight is 1020 g/mol. The molecular formula is C52H57N6O12S2+. The number of rotatable bonds is 16. The number of anilines is 1. The largest absolute Gasteiger partial charge is 0.478 e. The van der Waals surface area contributed by atoms with Crippen molar-refractivity contribution in [3.05, 3.63) is 151 Å². The molecular weight excluding hydrogens is 965 g/mol. The summed E-state index contributed by atoms with van der Waals surface area (Å²) in [4.78, 5) is 53.4. The first-order valence-electron chi connectivity index (χ1n) is 23.2. The van der Waals surface area contributed by atoms with Crippen LogP contribution in [0.4, 0.5) is 5.69 Å². The number of ether oxygens (including phenoxy) is 1. The van der Waals surface area contributed by atoms with Crippen molar-refractivity contribution < 1.29 is 50.2 Å². The first-order valence-corrected chi connectivity index (χ1v) is 26.5. The monoisotopic (exact) mass is 1020 g/mol. The highest BCUT2D eigenvalue weighted by molar-refractivity contribution is 7.86. The Kier molecular flexibility index (Phi) is 13.6. The summed E-state index contributed by atoms with van der Waals surface area (Å²) in [6, 6.07) is 19.7. The quantitative estimate of drug-likeness (QED) is 0.0445. The number of unbranched alkanes of at least 4 members (excludes halogenated alkanes) is 2. The molecule has 0 bridgehead atoms. The summed E-state index contributed by atoms with van der Waals surface area (Å²) in [5.74, 6) is -2.67. The molecule has 4 aromatic carbocycles. The number of carbonyl (C=O) groups is 3. The van der Waals surface area contributed by atoms with E-state index in [2.05, 4.69) is 15.7 Å². The van der Waals surface area contributed by atoms with Gasteiger partial charge in [-0.3, -0.25) is 28.6 Å². The van der Waals surface area contributed by atoms with E-state index in [9.17, 15) is 50.2 Å². The van der Waals surface area contributed by atoms with Crippen LogP contribution < -0.4 is 41.0 Å². The number of nitrogens with zero attached hydrogens (tertiary/aromatic N) is 3. The lowest BCUT2D eigenvalue weighted by molar-refractivity contribution is -0.120. The first kappa shape index (κ1) is 51.2. The molecule has 18 nitrogen and oxygen atoms in total. The fourth-order valence-electron chi connectivity index (χ4n) is 9.55. The Morgan fingerprint density at radius 1 is 0.764 bits per heavy atom. The lowest BCUT2D eigenvalue weighted by Gasteiger charge is -2.41. The summed E-state index contributed by atoms with van der Waals surface area (Å²) in [6.07, 6.45) is 5.33. The van der Waals surface area contributed by atoms with Gasteiger partial charge in [-0.05, 0) is 111 Å². The number of hydrogen-bond donors (Lipinski definition) is 6. The summed E-state index contributed by atoms with van der Waals surface area (Å²) >= 11 is 0. The van der Waals surface area contributed by atoms with Crippen LogP contribution in [0.1, 0.15) is 101 Å². The van der Waals surface area contributed by atoms with Gasteiger partial charge in [-0.15, -0.1) is 0 Å². The Labute approximate surface area is 416 Å². The minimum absolute atomic E-state index is 0.141. The van der Waals surface area contributed by atoms with Gasteiger partial charge in [0.05, 0.1) is 34.8 Å². The van der Waals surface area contributed by atoms with Gasteiger partial charge in [0.2, 0.25) is 11.3 Å². The highest BCUT2D eigenvalue weighted by atomic mass is 32.2. The molecule has 1 aromatic heterocycles. The Morgan fingerprint density at radius 2 is 1.42 bits per heavy atom. The number of carboxylic acids is 1. The van der Waals surface area contributed by atoms with Crippen LogP contribution >= 0.6 is 0 Å². The summed E-state index contributed by atoms with van der Waals surface area (Å²) in [5, 5.41) is 20.6. The molecule has 4 heterocycles. The van der Waals surface area contributed by atoms with Crippen LogP contribution in [0.2, 0.25) is 0 Å². The fourth-order valence-corrected chi connectivity index (χ4v) is 10.8. The molecule has 0 aliphatic carbocycles. The Hall–Kier alpha value is -7.13. The van der Waals surface area contributed by atoms with Crippen molar-refractivity contribution in [2.75, 3.05) is 43.6 Å². The molecule has 3 aliphatic heterocycles. The van der Waals surface area contributed by atoms with E-state index >= 15 is 0 Å². The second kappa shape index (κ2) is 19.1. The van der Waals surface area contributed by atoms with E-state index in [0.29, 0.717) is 110 Å². The maximum absolute atomic E-state index is 13.3. The van der Waals surface area contributed by atoms with Crippen molar-refractivity contribution in [2.24, 2.45) is 0 Å². The summed E-state index contributed by atoms with van der Waals surface area (Å²) in [6.45, 7) is 10.1. The predicted molar refractivity (Wildman–Crippen MR) is 274 cm³/mol. The second-order valence-electron chi connectivity index (χ2n) is 19.6. The number of carbonyl (C=O) groups excluding carboxylic acids is 2. The third-order valence-corrected chi connectivity index (χ3v) is 14.8. The van der Waals surface area contributed by atoms with E-state index in [1.165, 1.54) is 16.8 Å². The van der Waals surface area contributed by atoms with Crippen molar-refractivity contribution in [2.45, 2.75) is 71.4 Å². The molecule has 0 spiro atoms. The number of fused-ring (bicyclic) bond motifs is 4. The van der Waals surface area contributed by atoms with Crippen LogP contribution in [0, 0.1) is 6.92 Å². The zero-order chi connectivity index (χ0) is 52.2. The molecule has 0 unspecified atom stereocenters. The van der Waals surface area contributed by atoms with Gasteiger partial charge in [0.25, 0.3) is 31.7 Å². The van der Waals surface area contributed by atoms with Gasteiger partial charge in [0, 0.05) is 85.0 Å². The van der Waals surface area contributed by atoms with Crippen LogP contribution in [0.25, 0.3) is 22.4 Å². The van der Waals surface area contributed by atoms with Crippen LogP contribution in [0.3, 0.4) is 0 Å². The number of hydrogen-bond acceptors (Lipinski definition) is 10. The van der Waals surface area contributed by atoms with Crippen LogP contribution in [0.15, 0.2) is 89.7 Å². The van der Waals surface area contributed by atoms with E-state index in [0.717, 1.165) is 5.69 Å². The van der Waals surface area contributed by atoms with E-state index in [1.807, 2.05) is 51.3 Å². The van der Waals surface area contributed by atoms with E-state index in [-0.39, 0.29) is 34.9 Å². The predicted octanol–water partition coefficient (Wildman–Crippen LogP) is 4.47. The zero-order valence-electron chi connectivity index (χ0n) is 40.9. The Balaban J connectivity index is 1.06. The molecule has 0 saturated carbocycles. The number of aromatic amines is 1. The molecule has 0 saturated heterocycles. The first-order chi connectivity index (χ1) is 33.7. The molecule has 6 N–H and O–H groups in total. The smallest absolute Gasteiger partial charge is 0.336 e.